The minimum atomic E-state index is -2.64. The molecule has 1 rings (SSSR count). The molecule has 5 nitrogen and oxygen atoms in total. The normalized spacial score (nSPS) is 22.2. The van der Waals surface area contributed by atoms with Crippen molar-refractivity contribution in [3.05, 3.63) is 12.2 Å². The fourth-order valence-electron chi connectivity index (χ4n) is 3.70. The van der Waals surface area contributed by atoms with E-state index < -0.39 is 11.8 Å². The number of carboxylic acid groups (broad SMARTS) is 1. The maximum absolute atomic E-state index is 12.2. The van der Waals surface area contributed by atoms with E-state index >= 15 is 0 Å². The van der Waals surface area contributed by atoms with Gasteiger partial charge in [0.1, 0.15) is 5.78 Å². The molecule has 1 aliphatic rings. The van der Waals surface area contributed by atoms with Crippen molar-refractivity contribution in [1.82, 2.24) is 0 Å². The van der Waals surface area contributed by atoms with Crippen LogP contribution in [0.2, 0.25) is 0 Å². The number of carboxylic acids is 1. The largest absolute Gasteiger partial charge is 0.477 e. The summed E-state index contributed by atoms with van der Waals surface area (Å²) in [5, 5.41) is 27.2. The Kier molecular flexibility index (Phi) is 10.1. The number of allylic oxidation sites excluding steroid dienone is 2. The van der Waals surface area contributed by atoms with Gasteiger partial charge in [-0.15, -0.1) is 0 Å². The maximum atomic E-state index is 12.2. The molecular weight excluding hydrogens is 332 g/mol. The highest BCUT2D eigenvalue weighted by Crippen LogP contribution is 2.34. The zero-order valence-corrected chi connectivity index (χ0v) is 16.3. The van der Waals surface area contributed by atoms with Crippen LogP contribution < -0.4 is 0 Å². The summed E-state index contributed by atoms with van der Waals surface area (Å²) in [7, 11) is 0. The van der Waals surface area contributed by atoms with Crippen LogP contribution in [0.3, 0.4) is 0 Å². The van der Waals surface area contributed by atoms with Crippen LogP contribution in [-0.2, 0) is 9.59 Å². The van der Waals surface area contributed by atoms with Gasteiger partial charge in [-0.1, -0.05) is 58.1 Å². The van der Waals surface area contributed by atoms with Gasteiger partial charge in [-0.05, 0) is 37.5 Å². The number of hydrogen-bond acceptors (Lipinski definition) is 4. The zero-order valence-electron chi connectivity index (χ0n) is 16.3. The lowest BCUT2D eigenvalue weighted by atomic mass is 9.88. The molecular formula is C21H36O5. The van der Waals surface area contributed by atoms with E-state index in [1.165, 1.54) is 25.7 Å². The molecule has 0 radical (unpaired) electrons. The van der Waals surface area contributed by atoms with E-state index in [0.29, 0.717) is 36.9 Å². The van der Waals surface area contributed by atoms with E-state index in [2.05, 4.69) is 26.0 Å². The van der Waals surface area contributed by atoms with Gasteiger partial charge in [0.05, 0.1) is 0 Å². The van der Waals surface area contributed by atoms with Crippen molar-refractivity contribution in [3.63, 3.8) is 0 Å². The number of unbranched alkanes of at least 4 members (excludes halogenated alkanes) is 4. The summed E-state index contributed by atoms with van der Waals surface area (Å²) in [6, 6.07) is 0. The summed E-state index contributed by atoms with van der Waals surface area (Å²) in [6.45, 7) is 4.44. The van der Waals surface area contributed by atoms with Gasteiger partial charge in [0.15, 0.2) is 0 Å². The van der Waals surface area contributed by atoms with E-state index in [9.17, 15) is 19.8 Å². The second-order valence-electron chi connectivity index (χ2n) is 7.85. The Morgan fingerprint density at radius 2 is 1.96 bits per heavy atom. The Morgan fingerprint density at radius 1 is 1.23 bits per heavy atom. The summed E-state index contributed by atoms with van der Waals surface area (Å²) in [5.74, 6) is -2.96. The monoisotopic (exact) mass is 368 g/mol. The van der Waals surface area contributed by atoms with Crippen LogP contribution in [0.15, 0.2) is 12.2 Å². The van der Waals surface area contributed by atoms with E-state index in [0.717, 1.165) is 19.3 Å². The molecule has 3 N–H and O–H groups in total. The fraction of sp³-hybridized carbons (Fsp3) is 0.810. The Morgan fingerprint density at radius 3 is 2.62 bits per heavy atom. The fourth-order valence-corrected chi connectivity index (χ4v) is 3.70. The van der Waals surface area contributed by atoms with Crippen molar-refractivity contribution in [2.24, 2.45) is 17.8 Å². The predicted molar refractivity (Wildman–Crippen MR) is 102 cm³/mol. The molecule has 3 atom stereocenters. The standard InChI is InChI=1S/C21H36O5/c1-3-4-6-9-16(2)11-12-17-13-14-19(22)18(17)10-7-5-8-15-21(25,26)20(23)24/h11-12,16-18,25-26H,3-10,13-15H2,1-2H3,(H,23,24)/b12-11+/t16?,17-,18+/m0/s1. The van der Waals surface area contributed by atoms with Gasteiger partial charge in [0.2, 0.25) is 0 Å². The second kappa shape index (κ2) is 11.5. The summed E-state index contributed by atoms with van der Waals surface area (Å²) < 4.78 is 0. The molecule has 1 fully saturated rings. The molecule has 150 valence electrons. The Hall–Kier alpha value is -1.20. The summed E-state index contributed by atoms with van der Waals surface area (Å²) in [6.07, 6.45) is 13.6. The van der Waals surface area contributed by atoms with E-state index in [4.69, 9.17) is 5.11 Å². The van der Waals surface area contributed by atoms with Crippen molar-refractivity contribution in [2.45, 2.75) is 90.3 Å². The smallest absolute Gasteiger partial charge is 0.364 e. The molecule has 0 aromatic rings. The Bertz CT molecular complexity index is 469. The van der Waals surface area contributed by atoms with E-state index in [1.807, 2.05) is 0 Å². The number of aliphatic carboxylic acids is 1. The van der Waals surface area contributed by atoms with E-state index in [1.54, 1.807) is 0 Å². The maximum Gasteiger partial charge on any atom is 0.364 e. The molecule has 0 amide bonds. The minimum absolute atomic E-state index is 0.0709. The van der Waals surface area contributed by atoms with E-state index in [-0.39, 0.29) is 12.3 Å². The first-order chi connectivity index (χ1) is 12.3. The number of hydrogen-bond donors (Lipinski definition) is 3. The molecule has 0 aromatic carbocycles. The van der Waals surface area contributed by atoms with Crippen LogP contribution in [0.25, 0.3) is 0 Å². The lowest BCUT2D eigenvalue weighted by molar-refractivity contribution is -0.205. The number of ketones is 1. The Balaban J connectivity index is 2.34. The van der Waals surface area contributed by atoms with Gasteiger partial charge in [-0.3, -0.25) is 4.79 Å². The lowest BCUT2D eigenvalue weighted by Crippen LogP contribution is -2.37. The average molecular weight is 369 g/mol. The summed E-state index contributed by atoms with van der Waals surface area (Å²) >= 11 is 0. The number of rotatable bonds is 13. The molecule has 0 aromatic heterocycles. The molecule has 0 spiro atoms. The Labute approximate surface area is 157 Å². The third kappa shape index (κ3) is 8.00. The van der Waals surface area contributed by atoms with Crippen LogP contribution in [0.5, 0.6) is 0 Å². The quantitative estimate of drug-likeness (QED) is 0.259. The highest BCUT2D eigenvalue weighted by molar-refractivity contribution is 5.83. The summed E-state index contributed by atoms with van der Waals surface area (Å²) in [5.41, 5.74) is 0. The first-order valence-electron chi connectivity index (χ1n) is 10.2. The van der Waals surface area contributed by atoms with Crippen LogP contribution in [0, 0.1) is 17.8 Å². The number of carbonyl (C=O) groups excluding carboxylic acids is 1. The van der Waals surface area contributed by atoms with Gasteiger partial charge in [0.25, 0.3) is 5.79 Å². The predicted octanol–water partition coefficient (Wildman–Crippen LogP) is 4.07. The minimum Gasteiger partial charge on any atom is -0.477 e. The van der Waals surface area contributed by atoms with Crippen LogP contribution in [0.4, 0.5) is 0 Å². The van der Waals surface area contributed by atoms with Crippen LogP contribution >= 0.6 is 0 Å². The van der Waals surface area contributed by atoms with Crippen molar-refractivity contribution in [3.8, 4) is 0 Å². The van der Waals surface area contributed by atoms with Crippen molar-refractivity contribution in [2.75, 3.05) is 0 Å². The van der Waals surface area contributed by atoms with Crippen molar-refractivity contribution >= 4 is 11.8 Å². The highest BCUT2D eigenvalue weighted by Gasteiger charge is 2.33. The molecule has 1 aliphatic carbocycles. The van der Waals surface area contributed by atoms with Gasteiger partial charge in [0, 0.05) is 18.8 Å². The zero-order chi connectivity index (χ0) is 19.6. The molecule has 26 heavy (non-hydrogen) atoms. The molecule has 0 aliphatic heterocycles. The third-order valence-electron chi connectivity index (χ3n) is 5.49. The van der Waals surface area contributed by atoms with Crippen LogP contribution in [0.1, 0.15) is 84.5 Å². The van der Waals surface area contributed by atoms with Crippen molar-refractivity contribution in [1.29, 1.82) is 0 Å². The first-order valence-corrected chi connectivity index (χ1v) is 10.2. The van der Waals surface area contributed by atoms with Crippen LogP contribution in [-0.4, -0.2) is 32.9 Å². The van der Waals surface area contributed by atoms with Crippen molar-refractivity contribution < 1.29 is 24.9 Å². The van der Waals surface area contributed by atoms with Gasteiger partial charge >= 0.3 is 5.97 Å². The molecule has 5 heteroatoms. The molecule has 0 bridgehead atoms. The van der Waals surface area contributed by atoms with Gasteiger partial charge < -0.3 is 15.3 Å². The topological polar surface area (TPSA) is 94.8 Å². The SMILES string of the molecule is CCCCCC(C)/C=C/[C@H]1CCC(=O)[C@@H]1CCCCCC(O)(O)C(=O)O. The number of Topliss-reactive ketones (excluding diaryl/α,β-unsaturated/α-hetero) is 1. The second-order valence-corrected chi connectivity index (χ2v) is 7.85. The van der Waals surface area contributed by atoms with Gasteiger partial charge in [-0.25, -0.2) is 4.79 Å². The third-order valence-corrected chi connectivity index (χ3v) is 5.49. The molecule has 0 heterocycles. The highest BCUT2D eigenvalue weighted by atomic mass is 16.5. The average Bonchev–Trinajstić information content (AvgIpc) is 2.93. The number of carbonyl (C=O) groups is 2. The van der Waals surface area contributed by atoms with Gasteiger partial charge in [-0.2, -0.15) is 0 Å². The lowest BCUT2D eigenvalue weighted by Gasteiger charge is -2.17. The first kappa shape index (κ1) is 22.8. The molecule has 1 unspecified atom stereocenters. The molecule has 1 saturated carbocycles. The summed E-state index contributed by atoms with van der Waals surface area (Å²) in [4.78, 5) is 22.8. The molecule has 0 saturated heterocycles. The number of aliphatic hydroxyl groups is 2.